The molecule has 1 aliphatic heterocycles. The number of likely N-dealkylation sites (tertiary alicyclic amines) is 1. The van der Waals surface area contributed by atoms with Crippen LogP contribution >= 0.6 is 11.8 Å². The van der Waals surface area contributed by atoms with Crippen LogP contribution in [0.25, 0.3) is 0 Å². The van der Waals surface area contributed by atoms with Crippen LogP contribution in [0.2, 0.25) is 0 Å². The lowest BCUT2D eigenvalue weighted by Gasteiger charge is -2.32. The first-order valence-electron chi connectivity index (χ1n) is 10.8. The molecule has 3 amide bonds. The number of nitrogens with one attached hydrogen (secondary N) is 3. The zero-order valence-electron chi connectivity index (χ0n) is 18.5. The van der Waals surface area contributed by atoms with Crippen molar-refractivity contribution in [3.63, 3.8) is 0 Å². The lowest BCUT2D eigenvalue weighted by molar-refractivity contribution is -0.122. The second-order valence-electron chi connectivity index (χ2n) is 7.94. The SMILES string of the molecule is CC(=O)Nc1ccc(SC(C)C(=O)NC2CCN(CC(=O)Nc3ccccc3)CC2)cc1. The Morgan fingerprint density at radius 1 is 0.969 bits per heavy atom. The highest BCUT2D eigenvalue weighted by Gasteiger charge is 2.24. The van der Waals surface area contributed by atoms with Crippen molar-refractivity contribution in [2.45, 2.75) is 42.9 Å². The van der Waals surface area contributed by atoms with Gasteiger partial charge in [-0.25, -0.2) is 0 Å². The summed E-state index contributed by atoms with van der Waals surface area (Å²) in [7, 11) is 0. The van der Waals surface area contributed by atoms with Crippen molar-refractivity contribution in [1.82, 2.24) is 10.2 Å². The summed E-state index contributed by atoms with van der Waals surface area (Å²) in [4.78, 5) is 39.1. The van der Waals surface area contributed by atoms with Crippen molar-refractivity contribution in [2.75, 3.05) is 30.3 Å². The number of hydrogen-bond acceptors (Lipinski definition) is 5. The molecule has 170 valence electrons. The average Bonchev–Trinajstić information content (AvgIpc) is 2.76. The first-order chi connectivity index (χ1) is 15.4. The van der Waals surface area contributed by atoms with E-state index in [1.165, 1.54) is 18.7 Å². The van der Waals surface area contributed by atoms with Gasteiger partial charge in [0.15, 0.2) is 0 Å². The predicted octanol–water partition coefficient (Wildman–Crippen LogP) is 3.34. The van der Waals surface area contributed by atoms with Crippen molar-refractivity contribution >= 4 is 40.9 Å². The highest BCUT2D eigenvalue weighted by molar-refractivity contribution is 8.00. The van der Waals surface area contributed by atoms with Crippen LogP contribution in [0.3, 0.4) is 0 Å². The molecule has 2 aromatic rings. The minimum Gasteiger partial charge on any atom is -0.352 e. The van der Waals surface area contributed by atoms with E-state index < -0.39 is 0 Å². The average molecular weight is 455 g/mol. The molecule has 1 fully saturated rings. The van der Waals surface area contributed by atoms with E-state index in [2.05, 4.69) is 20.9 Å². The number of carbonyl (C=O) groups excluding carboxylic acids is 3. The number of nitrogens with zero attached hydrogens (tertiary/aromatic N) is 1. The molecule has 0 saturated carbocycles. The van der Waals surface area contributed by atoms with Crippen LogP contribution in [-0.4, -0.2) is 53.5 Å². The van der Waals surface area contributed by atoms with Crippen LogP contribution in [0.5, 0.6) is 0 Å². The molecule has 1 unspecified atom stereocenters. The van der Waals surface area contributed by atoms with Crippen molar-refractivity contribution in [3.05, 3.63) is 54.6 Å². The molecule has 1 heterocycles. The Kier molecular flexibility index (Phi) is 8.70. The maximum Gasteiger partial charge on any atom is 0.238 e. The summed E-state index contributed by atoms with van der Waals surface area (Å²) in [6, 6.07) is 17.0. The van der Waals surface area contributed by atoms with E-state index in [9.17, 15) is 14.4 Å². The lowest BCUT2D eigenvalue weighted by atomic mass is 10.0. The number of amides is 3. The molecule has 1 atom stereocenters. The smallest absolute Gasteiger partial charge is 0.238 e. The number of benzene rings is 2. The van der Waals surface area contributed by atoms with Gasteiger partial charge in [-0.05, 0) is 56.2 Å². The second-order valence-corrected chi connectivity index (χ2v) is 9.35. The summed E-state index contributed by atoms with van der Waals surface area (Å²) in [5.41, 5.74) is 1.54. The molecular weight excluding hydrogens is 424 g/mol. The zero-order valence-corrected chi connectivity index (χ0v) is 19.3. The Labute approximate surface area is 193 Å². The molecule has 0 spiro atoms. The Balaban J connectivity index is 1.38. The van der Waals surface area contributed by atoms with Crippen LogP contribution in [0.15, 0.2) is 59.5 Å². The molecule has 3 rings (SSSR count). The first-order valence-corrected chi connectivity index (χ1v) is 11.7. The monoisotopic (exact) mass is 454 g/mol. The van der Waals surface area contributed by atoms with Gasteiger partial charge in [-0.2, -0.15) is 0 Å². The van der Waals surface area contributed by atoms with E-state index >= 15 is 0 Å². The third kappa shape index (κ3) is 7.69. The molecule has 0 bridgehead atoms. The zero-order chi connectivity index (χ0) is 22.9. The maximum absolute atomic E-state index is 12.6. The van der Waals surface area contributed by atoms with Crippen molar-refractivity contribution in [2.24, 2.45) is 0 Å². The summed E-state index contributed by atoms with van der Waals surface area (Å²) in [6.07, 6.45) is 1.65. The predicted molar refractivity (Wildman–Crippen MR) is 129 cm³/mol. The molecule has 32 heavy (non-hydrogen) atoms. The minimum atomic E-state index is -0.226. The summed E-state index contributed by atoms with van der Waals surface area (Å²) < 4.78 is 0. The van der Waals surface area contributed by atoms with E-state index in [4.69, 9.17) is 0 Å². The summed E-state index contributed by atoms with van der Waals surface area (Å²) in [5, 5.41) is 8.56. The fourth-order valence-electron chi connectivity index (χ4n) is 3.56. The van der Waals surface area contributed by atoms with E-state index in [1.54, 1.807) is 0 Å². The van der Waals surface area contributed by atoms with Gasteiger partial charge >= 0.3 is 0 Å². The molecule has 1 aliphatic rings. The third-order valence-electron chi connectivity index (χ3n) is 5.22. The summed E-state index contributed by atoms with van der Waals surface area (Å²) >= 11 is 1.49. The molecule has 8 heteroatoms. The fraction of sp³-hybridized carbons (Fsp3) is 0.375. The normalized spacial score (nSPS) is 15.6. The largest absolute Gasteiger partial charge is 0.352 e. The van der Waals surface area contributed by atoms with Crippen LogP contribution in [0.1, 0.15) is 26.7 Å². The molecular formula is C24H30N4O3S. The number of thioether (sulfide) groups is 1. The van der Waals surface area contributed by atoms with Crippen molar-refractivity contribution < 1.29 is 14.4 Å². The van der Waals surface area contributed by atoms with E-state index in [-0.39, 0.29) is 29.0 Å². The standard InChI is InChI=1S/C24H30N4O3S/c1-17(32-22-10-8-20(9-11-22)25-18(2)29)24(31)27-21-12-14-28(15-13-21)16-23(30)26-19-6-4-3-5-7-19/h3-11,17,21H,12-16H2,1-2H3,(H,25,29)(H,26,30)(H,27,31). The summed E-state index contributed by atoms with van der Waals surface area (Å²) in [5.74, 6) is -0.115. The second kappa shape index (κ2) is 11.7. The number of para-hydroxylation sites is 1. The molecule has 2 aromatic carbocycles. The number of piperidine rings is 1. The van der Waals surface area contributed by atoms with Gasteiger partial charge in [-0.1, -0.05) is 18.2 Å². The van der Waals surface area contributed by atoms with Crippen LogP contribution in [0, 0.1) is 0 Å². The molecule has 1 saturated heterocycles. The highest BCUT2D eigenvalue weighted by Crippen LogP contribution is 2.25. The van der Waals surface area contributed by atoms with Crippen LogP contribution in [-0.2, 0) is 14.4 Å². The number of hydrogen-bond donors (Lipinski definition) is 3. The quantitative estimate of drug-likeness (QED) is 0.532. The lowest BCUT2D eigenvalue weighted by Crippen LogP contribution is -2.48. The fourth-order valence-corrected chi connectivity index (χ4v) is 4.43. The molecule has 0 aromatic heterocycles. The molecule has 3 N–H and O–H groups in total. The summed E-state index contributed by atoms with van der Waals surface area (Å²) in [6.45, 7) is 5.28. The van der Waals surface area contributed by atoms with Gasteiger partial charge in [0, 0.05) is 42.3 Å². The van der Waals surface area contributed by atoms with Gasteiger partial charge in [-0.15, -0.1) is 11.8 Å². The molecule has 0 radical (unpaired) electrons. The number of anilines is 2. The minimum absolute atomic E-state index is 0.0150. The van der Waals surface area contributed by atoms with Gasteiger partial charge < -0.3 is 16.0 Å². The Morgan fingerprint density at radius 2 is 1.59 bits per heavy atom. The Hall–Kier alpha value is -2.84. The first kappa shape index (κ1) is 23.8. The van der Waals surface area contributed by atoms with E-state index in [0.717, 1.165) is 42.2 Å². The van der Waals surface area contributed by atoms with Gasteiger partial charge in [0.05, 0.1) is 11.8 Å². The highest BCUT2D eigenvalue weighted by atomic mass is 32.2. The number of carbonyl (C=O) groups is 3. The van der Waals surface area contributed by atoms with E-state index in [1.807, 2.05) is 61.5 Å². The van der Waals surface area contributed by atoms with Gasteiger partial charge in [0.2, 0.25) is 17.7 Å². The van der Waals surface area contributed by atoms with Gasteiger partial charge in [0.1, 0.15) is 0 Å². The maximum atomic E-state index is 12.6. The van der Waals surface area contributed by atoms with Gasteiger partial charge in [-0.3, -0.25) is 19.3 Å². The van der Waals surface area contributed by atoms with Crippen LogP contribution in [0.4, 0.5) is 11.4 Å². The van der Waals surface area contributed by atoms with Gasteiger partial charge in [0.25, 0.3) is 0 Å². The van der Waals surface area contributed by atoms with Crippen LogP contribution < -0.4 is 16.0 Å². The van der Waals surface area contributed by atoms with Crippen molar-refractivity contribution in [1.29, 1.82) is 0 Å². The Bertz CT molecular complexity index is 913. The third-order valence-corrected chi connectivity index (χ3v) is 6.33. The van der Waals surface area contributed by atoms with E-state index in [0.29, 0.717) is 6.54 Å². The molecule has 0 aliphatic carbocycles. The number of rotatable bonds is 8. The Morgan fingerprint density at radius 3 is 2.22 bits per heavy atom. The van der Waals surface area contributed by atoms with Crippen molar-refractivity contribution in [3.8, 4) is 0 Å². The topological polar surface area (TPSA) is 90.5 Å². The molecule has 7 nitrogen and oxygen atoms in total.